The van der Waals surface area contributed by atoms with E-state index in [-0.39, 0.29) is 5.91 Å². The van der Waals surface area contributed by atoms with Crippen LogP contribution in [0.3, 0.4) is 0 Å². The molecule has 1 unspecified atom stereocenters. The molecule has 0 aliphatic carbocycles. The number of rotatable bonds is 5. The van der Waals surface area contributed by atoms with E-state index in [2.05, 4.69) is 11.9 Å². The highest BCUT2D eigenvalue weighted by Crippen LogP contribution is 2.18. The third-order valence-electron chi connectivity index (χ3n) is 4.32. The molecular formula is C20H24N2O2S. The maximum atomic E-state index is 12.3. The van der Waals surface area contributed by atoms with E-state index in [0.29, 0.717) is 12.5 Å². The van der Waals surface area contributed by atoms with Crippen LogP contribution in [0.15, 0.2) is 35.7 Å². The number of aryl methyl sites for hydroxylation is 1. The van der Waals surface area contributed by atoms with Gasteiger partial charge in [0.05, 0.1) is 10.7 Å². The Balaban J connectivity index is 1.52. The van der Waals surface area contributed by atoms with Gasteiger partial charge in [-0.25, -0.2) is 4.98 Å². The van der Waals surface area contributed by atoms with Crippen molar-refractivity contribution in [2.24, 2.45) is 5.92 Å². The average Bonchev–Trinajstić information content (AvgIpc) is 3.04. The smallest absolute Gasteiger partial charge is 0.246 e. The van der Waals surface area contributed by atoms with Crippen LogP contribution in [0.4, 0.5) is 0 Å². The van der Waals surface area contributed by atoms with Crippen LogP contribution in [0.5, 0.6) is 5.75 Å². The second-order valence-corrected chi connectivity index (χ2v) is 7.64. The lowest BCUT2D eigenvalue weighted by Crippen LogP contribution is -2.38. The van der Waals surface area contributed by atoms with Crippen LogP contribution >= 0.6 is 11.3 Å². The summed E-state index contributed by atoms with van der Waals surface area (Å²) < 4.78 is 5.74. The van der Waals surface area contributed by atoms with Crippen molar-refractivity contribution in [3.05, 3.63) is 52.0 Å². The zero-order valence-electron chi connectivity index (χ0n) is 14.8. The molecule has 0 saturated carbocycles. The lowest BCUT2D eigenvalue weighted by Gasteiger charge is -2.30. The molecule has 1 amide bonds. The molecule has 0 spiro atoms. The van der Waals surface area contributed by atoms with Crippen LogP contribution in [-0.2, 0) is 11.4 Å². The number of carbonyl (C=O) groups excluding carboxylic acids is 1. The van der Waals surface area contributed by atoms with Gasteiger partial charge in [0.2, 0.25) is 5.91 Å². The highest BCUT2D eigenvalue weighted by Gasteiger charge is 2.18. The molecule has 132 valence electrons. The van der Waals surface area contributed by atoms with E-state index in [1.54, 1.807) is 17.4 Å². The summed E-state index contributed by atoms with van der Waals surface area (Å²) in [4.78, 5) is 18.6. The van der Waals surface area contributed by atoms with Crippen molar-refractivity contribution >= 4 is 23.3 Å². The lowest BCUT2D eigenvalue weighted by molar-refractivity contribution is -0.127. The van der Waals surface area contributed by atoms with Gasteiger partial charge in [-0.05, 0) is 49.5 Å². The van der Waals surface area contributed by atoms with Crippen molar-refractivity contribution in [1.29, 1.82) is 0 Å². The molecule has 3 rings (SSSR count). The monoisotopic (exact) mass is 356 g/mol. The molecule has 2 heterocycles. The molecule has 1 aromatic heterocycles. The zero-order chi connectivity index (χ0) is 17.6. The summed E-state index contributed by atoms with van der Waals surface area (Å²) in [7, 11) is 0. The summed E-state index contributed by atoms with van der Waals surface area (Å²) in [6, 6.07) is 7.77. The predicted molar refractivity (Wildman–Crippen MR) is 102 cm³/mol. The van der Waals surface area contributed by atoms with Crippen molar-refractivity contribution in [2.75, 3.05) is 13.1 Å². The number of aromatic nitrogens is 1. The molecule has 1 aliphatic rings. The molecule has 1 aliphatic heterocycles. The van der Waals surface area contributed by atoms with E-state index in [9.17, 15) is 4.79 Å². The standard InChI is InChI=1S/C20H24N2O2S/c1-15-4-3-11-22(12-15)20(23)10-7-17-5-8-19(9-6-17)24-13-18-14-25-16(2)21-18/h5-10,14-15H,3-4,11-13H2,1-2H3/b10-7+. The van der Waals surface area contributed by atoms with Gasteiger partial charge in [-0.15, -0.1) is 11.3 Å². The van der Waals surface area contributed by atoms with Crippen molar-refractivity contribution in [1.82, 2.24) is 9.88 Å². The van der Waals surface area contributed by atoms with Crippen molar-refractivity contribution in [2.45, 2.75) is 33.3 Å². The molecule has 0 bridgehead atoms. The fourth-order valence-corrected chi connectivity index (χ4v) is 3.57. The van der Waals surface area contributed by atoms with Gasteiger partial charge < -0.3 is 9.64 Å². The Morgan fingerprint density at radius 1 is 1.40 bits per heavy atom. The average molecular weight is 356 g/mol. The summed E-state index contributed by atoms with van der Waals surface area (Å²) in [6.07, 6.45) is 5.86. The lowest BCUT2D eigenvalue weighted by atomic mass is 10.0. The normalized spacial score (nSPS) is 17.8. The van der Waals surface area contributed by atoms with Gasteiger partial charge in [-0.1, -0.05) is 19.1 Å². The maximum absolute atomic E-state index is 12.3. The summed E-state index contributed by atoms with van der Waals surface area (Å²) in [5, 5.41) is 3.06. The predicted octanol–water partition coefficient (Wildman–Crippen LogP) is 4.30. The quantitative estimate of drug-likeness (QED) is 0.750. The molecule has 4 nitrogen and oxygen atoms in total. The first kappa shape index (κ1) is 17.7. The van der Waals surface area contributed by atoms with E-state index < -0.39 is 0 Å². The highest BCUT2D eigenvalue weighted by atomic mass is 32.1. The van der Waals surface area contributed by atoms with E-state index in [1.807, 2.05) is 47.5 Å². The minimum atomic E-state index is 0.103. The van der Waals surface area contributed by atoms with Crippen molar-refractivity contribution in [3.8, 4) is 5.75 Å². The van der Waals surface area contributed by atoms with Crippen LogP contribution in [-0.4, -0.2) is 28.9 Å². The van der Waals surface area contributed by atoms with E-state index in [4.69, 9.17) is 4.74 Å². The van der Waals surface area contributed by atoms with Gasteiger partial charge in [0.15, 0.2) is 0 Å². The van der Waals surface area contributed by atoms with Crippen LogP contribution in [0.2, 0.25) is 0 Å². The number of hydrogen-bond acceptors (Lipinski definition) is 4. The van der Waals surface area contributed by atoms with Gasteiger partial charge in [-0.2, -0.15) is 0 Å². The summed E-state index contributed by atoms with van der Waals surface area (Å²) in [6.45, 7) is 6.41. The minimum Gasteiger partial charge on any atom is -0.487 e. The minimum absolute atomic E-state index is 0.103. The molecule has 1 saturated heterocycles. The number of nitrogens with zero attached hydrogens (tertiary/aromatic N) is 2. The number of amides is 1. The van der Waals surface area contributed by atoms with Gasteiger partial charge in [0.1, 0.15) is 12.4 Å². The van der Waals surface area contributed by atoms with Gasteiger partial charge >= 0.3 is 0 Å². The Labute approximate surface area is 153 Å². The molecule has 5 heteroatoms. The van der Waals surface area contributed by atoms with Crippen LogP contribution in [0.1, 0.15) is 36.0 Å². The second kappa shape index (κ2) is 8.30. The third-order valence-corrected chi connectivity index (χ3v) is 5.14. The fourth-order valence-electron chi connectivity index (χ4n) is 2.97. The maximum Gasteiger partial charge on any atom is 0.246 e. The number of likely N-dealkylation sites (tertiary alicyclic amines) is 1. The Bertz CT molecular complexity index is 736. The second-order valence-electron chi connectivity index (χ2n) is 6.58. The van der Waals surface area contributed by atoms with Gasteiger partial charge in [0.25, 0.3) is 0 Å². The van der Waals surface area contributed by atoms with Crippen LogP contribution < -0.4 is 4.74 Å². The first-order valence-corrected chi connectivity index (χ1v) is 9.59. The Morgan fingerprint density at radius 2 is 2.20 bits per heavy atom. The SMILES string of the molecule is Cc1nc(COc2ccc(/C=C/C(=O)N3CCCC(C)C3)cc2)cs1. The number of thiazole rings is 1. The summed E-state index contributed by atoms with van der Waals surface area (Å²) in [5.74, 6) is 1.51. The molecule has 1 fully saturated rings. The van der Waals surface area contributed by atoms with E-state index in [0.717, 1.165) is 41.5 Å². The molecule has 0 N–H and O–H groups in total. The van der Waals surface area contributed by atoms with Gasteiger partial charge in [-0.3, -0.25) is 4.79 Å². The third kappa shape index (κ3) is 5.16. The first-order chi connectivity index (χ1) is 12.1. The topological polar surface area (TPSA) is 42.4 Å². The summed E-state index contributed by atoms with van der Waals surface area (Å²) in [5.41, 5.74) is 1.95. The van der Waals surface area contributed by atoms with Crippen molar-refractivity contribution in [3.63, 3.8) is 0 Å². The molecule has 1 atom stereocenters. The number of hydrogen-bond donors (Lipinski definition) is 0. The largest absolute Gasteiger partial charge is 0.487 e. The number of carbonyl (C=O) groups is 1. The van der Waals surface area contributed by atoms with Gasteiger partial charge in [0, 0.05) is 24.5 Å². The molecule has 1 aromatic carbocycles. The number of piperidine rings is 1. The van der Waals surface area contributed by atoms with E-state index in [1.165, 1.54) is 6.42 Å². The Hall–Kier alpha value is -2.14. The Kier molecular flexibility index (Phi) is 5.87. The molecular weight excluding hydrogens is 332 g/mol. The fraction of sp³-hybridized carbons (Fsp3) is 0.400. The summed E-state index contributed by atoms with van der Waals surface area (Å²) >= 11 is 1.63. The molecule has 0 radical (unpaired) electrons. The van der Waals surface area contributed by atoms with Crippen molar-refractivity contribution < 1.29 is 9.53 Å². The van der Waals surface area contributed by atoms with Crippen LogP contribution in [0, 0.1) is 12.8 Å². The van der Waals surface area contributed by atoms with Crippen LogP contribution in [0.25, 0.3) is 6.08 Å². The molecule has 2 aromatic rings. The highest BCUT2D eigenvalue weighted by molar-refractivity contribution is 7.09. The zero-order valence-corrected chi connectivity index (χ0v) is 15.6. The van der Waals surface area contributed by atoms with E-state index >= 15 is 0 Å². The number of ether oxygens (including phenoxy) is 1. The Morgan fingerprint density at radius 3 is 2.88 bits per heavy atom. The first-order valence-electron chi connectivity index (χ1n) is 8.71. The molecule has 25 heavy (non-hydrogen) atoms. The number of benzene rings is 1.